The molecule has 0 bridgehead atoms. The van der Waals surface area contributed by atoms with E-state index in [0.717, 1.165) is 28.3 Å². The third kappa shape index (κ3) is 5.22. The number of fused-ring (bicyclic) bond motifs is 6. The summed E-state index contributed by atoms with van der Waals surface area (Å²) in [6.45, 7) is 0. The van der Waals surface area contributed by atoms with Gasteiger partial charge in [0.25, 0.3) is 0 Å². The van der Waals surface area contributed by atoms with Gasteiger partial charge in [-0.15, -0.1) is 11.3 Å². The van der Waals surface area contributed by atoms with Gasteiger partial charge in [0.15, 0.2) is 0 Å². The molecular weight excluding hydrogens is 649 g/mol. The molecule has 0 amide bonds. The fourth-order valence-electron chi connectivity index (χ4n) is 7.62. The number of benzene rings is 8. The Balaban J connectivity index is 1.07. The molecule has 0 atom stereocenters. The summed E-state index contributed by atoms with van der Waals surface area (Å²) in [5, 5.41) is 7.56. The SMILES string of the molecule is c1ccc(-c2ccc(N(c3ccc(-c4cc5ccccc5c5ccccc45)cc3)c3ccc(-c4nccc5sc6ccccc6c45)cc3)cc2)cc1. The van der Waals surface area contributed by atoms with E-state index in [1.54, 1.807) is 0 Å². The summed E-state index contributed by atoms with van der Waals surface area (Å²) in [6.07, 6.45) is 1.93. The lowest BCUT2D eigenvalue weighted by Gasteiger charge is -2.26. The summed E-state index contributed by atoms with van der Waals surface area (Å²) in [4.78, 5) is 7.24. The molecule has 0 aliphatic heterocycles. The first-order valence-corrected chi connectivity index (χ1v) is 18.4. The van der Waals surface area contributed by atoms with Gasteiger partial charge in [0, 0.05) is 49.0 Å². The predicted molar refractivity (Wildman–Crippen MR) is 223 cm³/mol. The van der Waals surface area contributed by atoms with Gasteiger partial charge in [-0.25, -0.2) is 0 Å². The van der Waals surface area contributed by atoms with Crippen molar-refractivity contribution in [3.63, 3.8) is 0 Å². The smallest absolute Gasteiger partial charge is 0.0795 e. The minimum absolute atomic E-state index is 1.02. The third-order valence-corrected chi connectivity index (χ3v) is 11.3. The van der Waals surface area contributed by atoms with Crippen LogP contribution in [0, 0.1) is 0 Å². The van der Waals surface area contributed by atoms with E-state index < -0.39 is 0 Å². The second kappa shape index (κ2) is 12.6. The molecule has 0 spiro atoms. The maximum absolute atomic E-state index is 4.90. The number of thiophene rings is 1. The maximum Gasteiger partial charge on any atom is 0.0795 e. The van der Waals surface area contributed by atoms with E-state index in [9.17, 15) is 0 Å². The van der Waals surface area contributed by atoms with Crippen LogP contribution in [0.4, 0.5) is 17.1 Å². The highest BCUT2D eigenvalue weighted by molar-refractivity contribution is 7.25. The predicted octanol–water partition coefficient (Wildman–Crippen LogP) is 14.2. The number of nitrogens with zero attached hydrogens (tertiary/aromatic N) is 2. The van der Waals surface area contributed by atoms with Crippen LogP contribution in [-0.4, -0.2) is 4.98 Å². The largest absolute Gasteiger partial charge is 0.311 e. The van der Waals surface area contributed by atoms with Crippen LogP contribution >= 0.6 is 11.3 Å². The molecule has 0 aliphatic rings. The van der Waals surface area contributed by atoms with Gasteiger partial charge in [0.2, 0.25) is 0 Å². The van der Waals surface area contributed by atoms with Crippen LogP contribution in [0.1, 0.15) is 0 Å². The first kappa shape index (κ1) is 30.3. The maximum atomic E-state index is 4.90. The molecule has 0 fully saturated rings. The molecule has 0 N–H and O–H groups in total. The van der Waals surface area contributed by atoms with Crippen LogP contribution in [-0.2, 0) is 0 Å². The Labute approximate surface area is 306 Å². The number of hydrogen-bond donors (Lipinski definition) is 0. The van der Waals surface area contributed by atoms with Crippen molar-refractivity contribution in [1.82, 2.24) is 4.98 Å². The molecule has 0 radical (unpaired) electrons. The van der Waals surface area contributed by atoms with E-state index >= 15 is 0 Å². The quantitative estimate of drug-likeness (QED) is 0.163. The van der Waals surface area contributed by atoms with E-state index in [0.29, 0.717) is 0 Å². The van der Waals surface area contributed by atoms with E-state index in [1.165, 1.54) is 64.0 Å². The van der Waals surface area contributed by atoms with Crippen molar-refractivity contribution in [3.05, 3.63) is 194 Å². The second-order valence-corrected chi connectivity index (χ2v) is 14.2. The Hall–Kier alpha value is -6.55. The highest BCUT2D eigenvalue weighted by Gasteiger charge is 2.17. The number of pyridine rings is 1. The van der Waals surface area contributed by atoms with Crippen molar-refractivity contribution >= 4 is 70.1 Å². The van der Waals surface area contributed by atoms with Crippen molar-refractivity contribution < 1.29 is 0 Å². The summed E-state index contributed by atoms with van der Waals surface area (Å²) in [5.74, 6) is 0. The summed E-state index contributed by atoms with van der Waals surface area (Å²) in [6, 6.07) is 67.8. The Kier molecular flexibility index (Phi) is 7.37. The Bertz CT molecular complexity index is 2870. The van der Waals surface area contributed by atoms with E-state index in [4.69, 9.17) is 4.98 Å². The number of rotatable bonds is 6. The molecule has 0 saturated heterocycles. The van der Waals surface area contributed by atoms with Gasteiger partial charge in [-0.2, -0.15) is 0 Å². The zero-order chi connectivity index (χ0) is 34.4. The van der Waals surface area contributed by atoms with Gasteiger partial charge < -0.3 is 4.90 Å². The molecule has 2 heterocycles. The lowest BCUT2D eigenvalue weighted by Crippen LogP contribution is -2.09. The zero-order valence-electron chi connectivity index (χ0n) is 28.3. The highest BCUT2D eigenvalue weighted by Crippen LogP contribution is 2.42. The molecule has 10 rings (SSSR count). The van der Waals surface area contributed by atoms with Crippen LogP contribution in [0.5, 0.6) is 0 Å². The first-order chi connectivity index (χ1) is 25.8. The standard InChI is InChI=1S/C49H32N2S/c1-2-10-33(11-3-1)34-18-24-38(25-19-34)51(40-28-22-36(23-29-40)49-48-44-16-8-9-17-46(44)52-47(48)30-31-50-49)39-26-20-35(21-27-39)45-32-37-12-4-5-13-41(37)42-14-6-7-15-43(42)45/h1-32H. The van der Waals surface area contributed by atoms with Crippen molar-refractivity contribution in [3.8, 4) is 33.5 Å². The van der Waals surface area contributed by atoms with Crippen LogP contribution in [0.15, 0.2) is 194 Å². The van der Waals surface area contributed by atoms with Gasteiger partial charge in [-0.3, -0.25) is 4.98 Å². The summed E-state index contributed by atoms with van der Waals surface area (Å²) in [5.41, 5.74) is 10.2. The fraction of sp³-hybridized carbons (Fsp3) is 0. The topological polar surface area (TPSA) is 16.1 Å². The minimum atomic E-state index is 1.02. The number of hydrogen-bond acceptors (Lipinski definition) is 3. The van der Waals surface area contributed by atoms with Crippen LogP contribution in [0.25, 0.3) is 75.2 Å². The van der Waals surface area contributed by atoms with Crippen molar-refractivity contribution in [2.45, 2.75) is 0 Å². The van der Waals surface area contributed by atoms with Gasteiger partial charge in [-0.05, 0) is 98.4 Å². The zero-order valence-corrected chi connectivity index (χ0v) is 29.1. The molecule has 8 aromatic carbocycles. The van der Waals surface area contributed by atoms with Gasteiger partial charge >= 0.3 is 0 Å². The second-order valence-electron chi connectivity index (χ2n) is 13.2. The van der Waals surface area contributed by atoms with Crippen molar-refractivity contribution in [2.75, 3.05) is 4.90 Å². The molecule has 0 saturated carbocycles. The summed E-state index contributed by atoms with van der Waals surface area (Å²) >= 11 is 1.82. The average Bonchev–Trinajstić information content (AvgIpc) is 3.61. The van der Waals surface area contributed by atoms with Crippen molar-refractivity contribution in [1.29, 1.82) is 0 Å². The van der Waals surface area contributed by atoms with Crippen LogP contribution in [0.2, 0.25) is 0 Å². The Morgan fingerprint density at radius 2 is 0.923 bits per heavy atom. The molecule has 0 aliphatic carbocycles. The molecule has 2 nitrogen and oxygen atoms in total. The summed E-state index contributed by atoms with van der Waals surface area (Å²) < 4.78 is 2.54. The Morgan fingerprint density at radius 3 is 1.63 bits per heavy atom. The summed E-state index contributed by atoms with van der Waals surface area (Å²) in [7, 11) is 0. The Morgan fingerprint density at radius 1 is 0.385 bits per heavy atom. The van der Waals surface area contributed by atoms with Crippen LogP contribution in [0.3, 0.4) is 0 Å². The van der Waals surface area contributed by atoms with Gasteiger partial charge in [-0.1, -0.05) is 133 Å². The molecular formula is C49H32N2S. The lowest BCUT2D eigenvalue weighted by atomic mass is 9.93. The molecule has 10 aromatic rings. The normalized spacial score (nSPS) is 11.5. The van der Waals surface area contributed by atoms with E-state index in [-0.39, 0.29) is 0 Å². The van der Waals surface area contributed by atoms with Crippen molar-refractivity contribution in [2.24, 2.45) is 0 Å². The van der Waals surface area contributed by atoms with Gasteiger partial charge in [0.1, 0.15) is 0 Å². The first-order valence-electron chi connectivity index (χ1n) is 17.6. The van der Waals surface area contributed by atoms with E-state index in [1.807, 2.05) is 17.5 Å². The van der Waals surface area contributed by atoms with Gasteiger partial charge in [0.05, 0.1) is 5.69 Å². The third-order valence-electron chi connectivity index (χ3n) is 10.1. The fourth-order valence-corrected chi connectivity index (χ4v) is 8.72. The lowest BCUT2D eigenvalue weighted by molar-refractivity contribution is 1.28. The molecule has 0 unspecified atom stereocenters. The molecule has 52 heavy (non-hydrogen) atoms. The molecule has 3 heteroatoms. The molecule has 244 valence electrons. The van der Waals surface area contributed by atoms with E-state index in [2.05, 4.69) is 193 Å². The average molecular weight is 681 g/mol. The minimum Gasteiger partial charge on any atom is -0.311 e. The number of anilines is 3. The monoisotopic (exact) mass is 680 g/mol. The van der Waals surface area contributed by atoms with Crippen LogP contribution < -0.4 is 4.90 Å². The number of aromatic nitrogens is 1. The highest BCUT2D eigenvalue weighted by atomic mass is 32.1. The molecule has 2 aromatic heterocycles.